The Kier molecular flexibility index (Phi) is 5.58. The quantitative estimate of drug-likeness (QED) is 0.308. The Morgan fingerprint density at radius 2 is 1.36 bits per heavy atom. The Morgan fingerprint density at radius 3 is 1.89 bits per heavy atom. The second kappa shape index (κ2) is 7.16. The SMILES string of the molecule is Cc1cccc(Cn2cc[n+](Cc3cccc(C)n3)c2)n1.F[P-](F)(F)(F)(F)F. The average molecular weight is 424 g/mol. The van der Waals surface area contributed by atoms with Crippen LogP contribution in [-0.4, -0.2) is 14.5 Å². The molecule has 3 rings (SSSR count). The Labute approximate surface area is 157 Å². The molecule has 3 heterocycles. The van der Waals surface area contributed by atoms with Crippen LogP contribution in [0.15, 0.2) is 55.1 Å². The van der Waals surface area contributed by atoms with Crippen LogP contribution in [-0.2, 0) is 13.1 Å². The molecule has 0 aliphatic rings. The standard InChI is InChI=1S/C17H19N4.F6P/c1-14-5-3-7-16(18-14)11-20-9-10-21(13-20)12-17-8-4-6-15(2)19-17;1-7(2,3,4,5)6/h3-10,13H,11-12H2,1-2H3;/q+1;-1. The predicted molar refractivity (Wildman–Crippen MR) is 94.3 cm³/mol. The molecule has 0 saturated heterocycles. The van der Waals surface area contributed by atoms with Crippen molar-refractivity contribution < 1.29 is 29.7 Å². The van der Waals surface area contributed by atoms with Crippen molar-refractivity contribution in [2.45, 2.75) is 26.9 Å². The van der Waals surface area contributed by atoms with Crippen LogP contribution in [0.2, 0.25) is 0 Å². The molecule has 28 heavy (non-hydrogen) atoms. The molecule has 0 aliphatic heterocycles. The summed E-state index contributed by atoms with van der Waals surface area (Å²) in [6.07, 6.45) is 6.23. The van der Waals surface area contributed by atoms with Gasteiger partial charge in [0.25, 0.3) is 0 Å². The van der Waals surface area contributed by atoms with Crippen LogP contribution >= 0.6 is 7.81 Å². The third-order valence-electron chi connectivity index (χ3n) is 3.33. The fourth-order valence-electron chi connectivity index (χ4n) is 2.38. The van der Waals surface area contributed by atoms with Crippen molar-refractivity contribution in [3.05, 3.63) is 77.9 Å². The van der Waals surface area contributed by atoms with Crippen LogP contribution in [0.1, 0.15) is 22.8 Å². The number of halogens is 6. The van der Waals surface area contributed by atoms with Crippen molar-refractivity contribution in [2.24, 2.45) is 0 Å². The van der Waals surface area contributed by atoms with Crippen LogP contribution in [0.3, 0.4) is 0 Å². The minimum absolute atomic E-state index is 0.788. The number of imidazole rings is 1. The molecule has 0 atom stereocenters. The second-order valence-corrected chi connectivity index (χ2v) is 8.17. The van der Waals surface area contributed by atoms with Gasteiger partial charge < -0.3 is 0 Å². The summed E-state index contributed by atoms with van der Waals surface area (Å²) in [5, 5.41) is 0. The van der Waals surface area contributed by atoms with E-state index in [1.54, 1.807) is 0 Å². The molecule has 0 spiro atoms. The zero-order valence-corrected chi connectivity index (χ0v) is 16.0. The van der Waals surface area contributed by atoms with Crippen LogP contribution in [0.25, 0.3) is 0 Å². The van der Waals surface area contributed by atoms with Crippen molar-refractivity contribution in [3.8, 4) is 0 Å². The van der Waals surface area contributed by atoms with Gasteiger partial charge in [-0.1, -0.05) is 12.1 Å². The molecule has 0 saturated carbocycles. The van der Waals surface area contributed by atoms with E-state index in [2.05, 4.69) is 50.0 Å². The van der Waals surface area contributed by atoms with Crippen LogP contribution in [0.5, 0.6) is 0 Å². The zero-order valence-electron chi connectivity index (χ0n) is 15.1. The topological polar surface area (TPSA) is 34.6 Å². The number of pyridine rings is 2. The van der Waals surface area contributed by atoms with Gasteiger partial charge in [0.15, 0.2) is 0 Å². The van der Waals surface area contributed by atoms with Crippen molar-refractivity contribution >= 4 is 7.81 Å². The van der Waals surface area contributed by atoms with Gasteiger partial charge in [-0.3, -0.25) is 9.97 Å². The minimum atomic E-state index is -10.7. The third kappa shape index (κ3) is 10.0. The first-order valence-electron chi connectivity index (χ1n) is 8.10. The molecule has 11 heteroatoms. The van der Waals surface area contributed by atoms with E-state index in [4.69, 9.17) is 0 Å². The number of aromatic nitrogens is 4. The predicted octanol–water partition coefficient (Wildman–Crippen LogP) is 5.66. The van der Waals surface area contributed by atoms with Crippen LogP contribution in [0.4, 0.5) is 25.2 Å². The Bertz CT molecular complexity index is 880. The Hall–Kier alpha value is -2.48. The van der Waals surface area contributed by atoms with E-state index in [1.165, 1.54) is 0 Å². The van der Waals surface area contributed by atoms with E-state index in [0.717, 1.165) is 35.9 Å². The molecule has 4 nitrogen and oxygen atoms in total. The van der Waals surface area contributed by atoms with Crippen molar-refractivity contribution in [1.29, 1.82) is 0 Å². The first-order valence-corrected chi connectivity index (χ1v) is 10.1. The molecule has 0 bridgehead atoms. The summed E-state index contributed by atoms with van der Waals surface area (Å²) < 4.78 is 63.5. The van der Waals surface area contributed by atoms with Crippen molar-refractivity contribution in [1.82, 2.24) is 14.5 Å². The molecule has 3 aromatic rings. The molecule has 3 aromatic heterocycles. The molecule has 0 radical (unpaired) electrons. The fourth-order valence-corrected chi connectivity index (χ4v) is 2.38. The molecule has 0 aromatic carbocycles. The third-order valence-corrected chi connectivity index (χ3v) is 3.33. The van der Waals surface area contributed by atoms with Crippen LogP contribution < -0.4 is 4.57 Å². The number of hydrogen-bond donors (Lipinski definition) is 0. The van der Waals surface area contributed by atoms with Gasteiger partial charge in [-0.05, 0) is 38.1 Å². The summed E-state index contributed by atoms with van der Waals surface area (Å²) in [5.41, 5.74) is 4.26. The summed E-state index contributed by atoms with van der Waals surface area (Å²) in [7, 11) is -10.7. The number of hydrogen-bond acceptors (Lipinski definition) is 2. The molecule has 0 unspecified atom stereocenters. The number of nitrogens with zero attached hydrogens (tertiary/aromatic N) is 4. The number of rotatable bonds is 4. The van der Waals surface area contributed by atoms with E-state index in [9.17, 15) is 25.2 Å². The first-order chi connectivity index (χ1) is 12.6. The average Bonchev–Trinajstić information content (AvgIpc) is 2.91. The van der Waals surface area contributed by atoms with Gasteiger partial charge in [0.05, 0.1) is 11.4 Å². The van der Waals surface area contributed by atoms with E-state index in [0.29, 0.717) is 0 Å². The maximum absolute atomic E-state index is 10.7. The van der Waals surface area contributed by atoms with E-state index in [1.807, 2.05) is 38.1 Å². The molecular formula is C17H19F6N4P. The number of aryl methyl sites for hydroxylation is 2. The molecule has 0 N–H and O–H groups in total. The van der Waals surface area contributed by atoms with E-state index < -0.39 is 7.81 Å². The van der Waals surface area contributed by atoms with Gasteiger partial charge in [-0.25, -0.2) is 9.13 Å². The van der Waals surface area contributed by atoms with Crippen LogP contribution in [0, 0.1) is 13.8 Å². The second-order valence-electron chi connectivity index (χ2n) is 6.26. The summed E-state index contributed by atoms with van der Waals surface area (Å²) in [6, 6.07) is 12.2. The zero-order chi connectivity index (χ0) is 21.1. The molecule has 0 aliphatic carbocycles. The molecular weight excluding hydrogens is 405 g/mol. The normalized spacial score (nSPS) is 13.9. The van der Waals surface area contributed by atoms with Crippen molar-refractivity contribution in [2.75, 3.05) is 0 Å². The Balaban J connectivity index is 0.000000345. The van der Waals surface area contributed by atoms with E-state index in [-0.39, 0.29) is 0 Å². The van der Waals surface area contributed by atoms with Gasteiger partial charge >= 0.3 is 33.0 Å². The van der Waals surface area contributed by atoms with Gasteiger partial charge in [0.1, 0.15) is 25.5 Å². The monoisotopic (exact) mass is 424 g/mol. The molecule has 0 fully saturated rings. The van der Waals surface area contributed by atoms with Gasteiger partial charge in [0, 0.05) is 11.4 Å². The van der Waals surface area contributed by atoms with Gasteiger partial charge in [0.2, 0.25) is 6.33 Å². The first kappa shape index (κ1) is 21.8. The molecule has 154 valence electrons. The maximum atomic E-state index is 9.87. The Morgan fingerprint density at radius 1 is 0.857 bits per heavy atom. The summed E-state index contributed by atoms with van der Waals surface area (Å²) in [5.74, 6) is 0. The van der Waals surface area contributed by atoms with Crippen molar-refractivity contribution in [3.63, 3.8) is 0 Å². The molecule has 0 amide bonds. The summed E-state index contributed by atoms with van der Waals surface area (Å²) in [6.45, 7) is 5.61. The summed E-state index contributed by atoms with van der Waals surface area (Å²) >= 11 is 0. The van der Waals surface area contributed by atoms with Gasteiger partial charge in [-0.15, -0.1) is 0 Å². The van der Waals surface area contributed by atoms with Gasteiger partial charge in [-0.2, -0.15) is 0 Å². The summed E-state index contributed by atoms with van der Waals surface area (Å²) in [4.78, 5) is 9.06. The fraction of sp³-hybridized carbons (Fsp3) is 0.235. The van der Waals surface area contributed by atoms with E-state index >= 15 is 0 Å².